The summed E-state index contributed by atoms with van der Waals surface area (Å²) in [4.78, 5) is 18.7. The monoisotopic (exact) mass is 315 g/mol. The molecule has 1 fully saturated rings. The van der Waals surface area contributed by atoms with Gasteiger partial charge in [0.2, 0.25) is 17.6 Å². The lowest BCUT2D eigenvalue weighted by molar-refractivity contribution is -0.135. The number of aromatic nitrogens is 2. The summed E-state index contributed by atoms with van der Waals surface area (Å²) < 4.78 is 10.7. The van der Waals surface area contributed by atoms with E-state index < -0.39 is 0 Å². The van der Waals surface area contributed by atoms with E-state index >= 15 is 0 Å². The van der Waals surface area contributed by atoms with Crippen LogP contribution in [0.1, 0.15) is 38.6 Å². The number of ether oxygens (including phenoxy) is 1. The van der Waals surface area contributed by atoms with Crippen LogP contribution < -0.4 is 4.74 Å². The molecule has 0 bridgehead atoms. The summed E-state index contributed by atoms with van der Waals surface area (Å²) in [6.07, 6.45) is 1.82. The zero-order valence-electron chi connectivity index (χ0n) is 13.7. The third-order valence-corrected chi connectivity index (χ3v) is 4.08. The molecule has 1 unspecified atom stereocenters. The number of rotatable bonds is 4. The maximum atomic E-state index is 12.3. The smallest absolute Gasteiger partial charge is 0.249 e. The van der Waals surface area contributed by atoms with Crippen molar-refractivity contribution in [2.45, 2.75) is 32.7 Å². The molecule has 6 heteroatoms. The molecule has 0 saturated carbocycles. The number of benzene rings is 1. The van der Waals surface area contributed by atoms with Crippen molar-refractivity contribution >= 4 is 5.91 Å². The van der Waals surface area contributed by atoms with Gasteiger partial charge in [-0.3, -0.25) is 4.79 Å². The molecule has 0 N–H and O–H groups in total. The van der Waals surface area contributed by atoms with E-state index in [4.69, 9.17) is 9.26 Å². The van der Waals surface area contributed by atoms with Gasteiger partial charge in [-0.2, -0.15) is 4.98 Å². The van der Waals surface area contributed by atoms with Crippen LogP contribution in [0.15, 0.2) is 28.8 Å². The van der Waals surface area contributed by atoms with Crippen LogP contribution >= 0.6 is 0 Å². The Morgan fingerprint density at radius 1 is 1.43 bits per heavy atom. The lowest BCUT2D eigenvalue weighted by Gasteiger charge is -2.23. The number of amides is 1. The fourth-order valence-corrected chi connectivity index (χ4v) is 2.87. The van der Waals surface area contributed by atoms with E-state index in [1.165, 1.54) is 0 Å². The minimum absolute atomic E-state index is 0.0311. The van der Waals surface area contributed by atoms with Gasteiger partial charge in [-0.15, -0.1) is 0 Å². The summed E-state index contributed by atoms with van der Waals surface area (Å²) in [6.45, 7) is 4.57. The second-order valence-electron chi connectivity index (χ2n) is 6.03. The van der Waals surface area contributed by atoms with Crippen molar-refractivity contribution in [3.63, 3.8) is 0 Å². The van der Waals surface area contributed by atoms with Crippen molar-refractivity contribution in [1.82, 2.24) is 15.0 Å². The van der Waals surface area contributed by atoms with Gasteiger partial charge < -0.3 is 14.2 Å². The molecule has 3 rings (SSSR count). The summed E-state index contributed by atoms with van der Waals surface area (Å²) in [6, 6.07) is 7.40. The zero-order valence-corrected chi connectivity index (χ0v) is 13.7. The fourth-order valence-electron chi connectivity index (χ4n) is 2.87. The number of carbonyl (C=O) groups excluding carboxylic acids is 1. The van der Waals surface area contributed by atoms with Crippen LogP contribution in [0.3, 0.4) is 0 Å². The first-order chi connectivity index (χ1) is 11.1. The molecule has 2 heterocycles. The van der Waals surface area contributed by atoms with Crippen LogP contribution in [0.25, 0.3) is 11.4 Å². The van der Waals surface area contributed by atoms with Crippen molar-refractivity contribution < 1.29 is 14.1 Å². The van der Waals surface area contributed by atoms with Gasteiger partial charge in [-0.05, 0) is 25.0 Å². The number of nitrogens with zero attached hydrogens (tertiary/aromatic N) is 3. The highest BCUT2D eigenvalue weighted by molar-refractivity contribution is 5.78. The Bertz CT molecular complexity index is 696. The van der Waals surface area contributed by atoms with Crippen LogP contribution in [-0.4, -0.2) is 34.6 Å². The summed E-state index contributed by atoms with van der Waals surface area (Å²) in [5.41, 5.74) is 0.832. The Balaban J connectivity index is 1.85. The molecule has 2 aromatic rings. The van der Waals surface area contributed by atoms with Crippen LogP contribution in [0.5, 0.6) is 5.75 Å². The molecule has 122 valence electrons. The summed E-state index contributed by atoms with van der Waals surface area (Å²) in [5, 5.41) is 4.07. The molecule has 1 saturated heterocycles. The first-order valence-corrected chi connectivity index (χ1v) is 7.88. The third kappa shape index (κ3) is 3.06. The van der Waals surface area contributed by atoms with Gasteiger partial charge in [0.1, 0.15) is 11.8 Å². The number of hydrogen-bond donors (Lipinski definition) is 0. The molecular formula is C17H21N3O3. The van der Waals surface area contributed by atoms with Crippen LogP contribution in [-0.2, 0) is 4.79 Å². The largest absolute Gasteiger partial charge is 0.497 e. The zero-order chi connectivity index (χ0) is 16.4. The summed E-state index contributed by atoms with van der Waals surface area (Å²) >= 11 is 0. The average Bonchev–Trinajstić information content (AvgIpc) is 3.22. The van der Waals surface area contributed by atoms with E-state index in [1.54, 1.807) is 7.11 Å². The Labute approximate surface area is 135 Å². The van der Waals surface area contributed by atoms with Gasteiger partial charge >= 0.3 is 0 Å². The molecular weight excluding hydrogens is 294 g/mol. The molecule has 0 aliphatic carbocycles. The molecule has 1 aromatic carbocycles. The van der Waals surface area contributed by atoms with E-state index in [0.29, 0.717) is 11.7 Å². The lowest BCUT2D eigenvalue weighted by atomic mass is 10.1. The van der Waals surface area contributed by atoms with E-state index in [2.05, 4.69) is 10.1 Å². The van der Waals surface area contributed by atoms with Crippen molar-refractivity contribution in [2.24, 2.45) is 5.92 Å². The maximum Gasteiger partial charge on any atom is 0.249 e. The van der Waals surface area contributed by atoms with Gasteiger partial charge in [0, 0.05) is 18.0 Å². The standard InChI is InChI=1S/C17H21N3O3/c1-11(2)17(21)20-9-5-8-14(20)16-18-15(19-23-16)12-6-4-7-13(10-12)22-3/h4,6-7,10-11,14H,5,8-9H2,1-3H3. The molecule has 0 spiro atoms. The van der Waals surface area contributed by atoms with Crippen LogP contribution in [0.4, 0.5) is 0 Å². The van der Waals surface area contributed by atoms with E-state index in [1.807, 2.05) is 43.0 Å². The third-order valence-electron chi connectivity index (χ3n) is 4.08. The highest BCUT2D eigenvalue weighted by atomic mass is 16.5. The minimum Gasteiger partial charge on any atom is -0.497 e. The molecule has 1 aliphatic rings. The predicted octanol–water partition coefficient (Wildman–Crippen LogP) is 3.06. The summed E-state index contributed by atoms with van der Waals surface area (Å²) in [5.74, 6) is 1.87. The normalized spacial score (nSPS) is 17.7. The number of hydrogen-bond acceptors (Lipinski definition) is 5. The molecule has 1 aliphatic heterocycles. The Kier molecular flexibility index (Phi) is 4.32. The first-order valence-electron chi connectivity index (χ1n) is 7.88. The Morgan fingerprint density at radius 3 is 3.00 bits per heavy atom. The highest BCUT2D eigenvalue weighted by Gasteiger charge is 2.34. The quantitative estimate of drug-likeness (QED) is 0.867. The summed E-state index contributed by atoms with van der Waals surface area (Å²) in [7, 11) is 1.62. The van der Waals surface area contributed by atoms with Gasteiger partial charge in [-0.25, -0.2) is 0 Å². The fraction of sp³-hybridized carbons (Fsp3) is 0.471. The predicted molar refractivity (Wildman–Crippen MR) is 84.8 cm³/mol. The first kappa shape index (κ1) is 15.5. The maximum absolute atomic E-state index is 12.3. The minimum atomic E-state index is -0.114. The molecule has 1 amide bonds. The van der Waals surface area contributed by atoms with Crippen LogP contribution in [0, 0.1) is 5.92 Å². The number of carbonyl (C=O) groups is 1. The number of likely N-dealkylation sites (tertiary alicyclic amines) is 1. The van der Waals surface area contributed by atoms with Crippen molar-refractivity contribution in [2.75, 3.05) is 13.7 Å². The van der Waals surface area contributed by atoms with Crippen molar-refractivity contribution in [3.8, 4) is 17.1 Å². The SMILES string of the molecule is COc1cccc(-c2noc(C3CCCN3C(=O)C(C)C)n2)c1. The highest BCUT2D eigenvalue weighted by Crippen LogP contribution is 2.33. The average molecular weight is 315 g/mol. The van der Waals surface area contributed by atoms with Gasteiger partial charge in [0.05, 0.1) is 7.11 Å². The second-order valence-corrected chi connectivity index (χ2v) is 6.03. The molecule has 23 heavy (non-hydrogen) atoms. The van der Waals surface area contributed by atoms with Gasteiger partial charge in [0.15, 0.2) is 0 Å². The van der Waals surface area contributed by atoms with Gasteiger partial charge in [0.25, 0.3) is 0 Å². The molecule has 1 atom stereocenters. The molecule has 0 radical (unpaired) electrons. The number of methoxy groups -OCH3 is 1. The second kappa shape index (κ2) is 6.40. The van der Waals surface area contributed by atoms with E-state index in [-0.39, 0.29) is 17.9 Å². The lowest BCUT2D eigenvalue weighted by Crippen LogP contribution is -2.33. The van der Waals surface area contributed by atoms with Gasteiger partial charge in [-0.1, -0.05) is 31.1 Å². The Morgan fingerprint density at radius 2 is 2.26 bits per heavy atom. The van der Waals surface area contributed by atoms with E-state index in [0.717, 1.165) is 30.7 Å². The Hall–Kier alpha value is -2.37. The van der Waals surface area contributed by atoms with Crippen LogP contribution in [0.2, 0.25) is 0 Å². The van der Waals surface area contributed by atoms with Crippen molar-refractivity contribution in [3.05, 3.63) is 30.2 Å². The van der Waals surface area contributed by atoms with E-state index in [9.17, 15) is 4.79 Å². The topological polar surface area (TPSA) is 68.5 Å². The molecule has 1 aromatic heterocycles. The molecule has 6 nitrogen and oxygen atoms in total. The van der Waals surface area contributed by atoms with Crippen molar-refractivity contribution in [1.29, 1.82) is 0 Å².